The number of hydrogen-bond acceptors (Lipinski definition) is 4. The van der Waals surface area contributed by atoms with Crippen molar-refractivity contribution in [1.82, 2.24) is 0 Å². The lowest BCUT2D eigenvalue weighted by atomic mass is 9.79. The number of hydrogen-bond donors (Lipinski definition) is 0. The summed E-state index contributed by atoms with van der Waals surface area (Å²) in [6, 6.07) is 7.61. The molecule has 1 saturated carbocycles. The molecule has 2 aromatic rings. The van der Waals surface area contributed by atoms with Crippen molar-refractivity contribution in [2.45, 2.75) is 55.4 Å². The molecule has 4 rings (SSSR count). The van der Waals surface area contributed by atoms with E-state index in [4.69, 9.17) is 9.47 Å². The van der Waals surface area contributed by atoms with Gasteiger partial charge in [-0.25, -0.2) is 0 Å². The van der Waals surface area contributed by atoms with Gasteiger partial charge >= 0.3 is 11.9 Å². The Morgan fingerprint density at radius 1 is 0.636 bits per heavy atom. The van der Waals surface area contributed by atoms with E-state index in [-0.39, 0.29) is 29.2 Å². The Labute approximate surface area is 197 Å². The normalized spacial score (nSPS) is 24.7. The molecule has 2 bridgehead atoms. The first-order valence-electron chi connectivity index (χ1n) is 11.7. The Hall–Kier alpha value is -2.88. The highest BCUT2D eigenvalue weighted by atomic mass is 16.5. The molecular formula is C29H34O4. The van der Waals surface area contributed by atoms with Crippen LogP contribution in [0.4, 0.5) is 0 Å². The third-order valence-corrected chi connectivity index (χ3v) is 8.39. The van der Waals surface area contributed by atoms with Crippen molar-refractivity contribution in [3.05, 3.63) is 69.8 Å². The molecule has 2 aliphatic carbocycles. The highest BCUT2D eigenvalue weighted by Crippen LogP contribution is 2.60. The number of fused-ring (bicyclic) bond motifs is 2. The molecule has 0 aromatic heterocycles. The number of carbonyl (C=O) groups is 2. The van der Waals surface area contributed by atoms with Gasteiger partial charge in [-0.15, -0.1) is 0 Å². The minimum Gasteiger partial charge on any atom is -0.426 e. The molecular weight excluding hydrogens is 412 g/mol. The van der Waals surface area contributed by atoms with Gasteiger partial charge < -0.3 is 9.47 Å². The molecule has 0 radical (unpaired) electrons. The quantitative estimate of drug-likeness (QED) is 0.322. The minimum atomic E-state index is -0.574. The van der Waals surface area contributed by atoms with Gasteiger partial charge in [0.25, 0.3) is 0 Å². The second-order valence-electron chi connectivity index (χ2n) is 10.4. The predicted molar refractivity (Wildman–Crippen MR) is 129 cm³/mol. The number of ether oxygens (including phenoxy) is 2. The van der Waals surface area contributed by atoms with E-state index >= 15 is 0 Å². The third-order valence-electron chi connectivity index (χ3n) is 8.39. The van der Waals surface area contributed by atoms with Gasteiger partial charge in [-0.1, -0.05) is 38.1 Å². The molecule has 4 atom stereocenters. The topological polar surface area (TPSA) is 52.6 Å². The molecule has 4 heteroatoms. The van der Waals surface area contributed by atoms with Gasteiger partial charge in [-0.2, -0.15) is 0 Å². The molecule has 0 saturated heterocycles. The molecule has 0 amide bonds. The highest BCUT2D eigenvalue weighted by molar-refractivity contribution is 5.87. The maximum Gasteiger partial charge on any atom is 0.315 e. The van der Waals surface area contributed by atoms with Crippen LogP contribution in [0.3, 0.4) is 0 Å². The maximum absolute atomic E-state index is 13.5. The monoisotopic (exact) mass is 446 g/mol. The molecule has 2 aromatic carbocycles. The summed E-state index contributed by atoms with van der Waals surface area (Å²) >= 11 is 0. The van der Waals surface area contributed by atoms with Gasteiger partial charge in [0.1, 0.15) is 11.5 Å². The number of carbonyl (C=O) groups excluding carboxylic acids is 2. The summed E-state index contributed by atoms with van der Waals surface area (Å²) in [5.41, 5.74) is 6.20. The van der Waals surface area contributed by atoms with Crippen molar-refractivity contribution < 1.29 is 19.1 Å². The first-order valence-corrected chi connectivity index (χ1v) is 11.7. The molecule has 174 valence electrons. The van der Waals surface area contributed by atoms with Gasteiger partial charge in [0.2, 0.25) is 0 Å². The summed E-state index contributed by atoms with van der Waals surface area (Å²) in [7, 11) is 0. The number of benzene rings is 2. The van der Waals surface area contributed by atoms with Crippen LogP contribution >= 0.6 is 0 Å². The fourth-order valence-corrected chi connectivity index (χ4v) is 5.59. The van der Waals surface area contributed by atoms with Crippen molar-refractivity contribution >= 4 is 11.9 Å². The van der Waals surface area contributed by atoms with Crippen LogP contribution in [0.25, 0.3) is 0 Å². The molecule has 4 unspecified atom stereocenters. The number of esters is 2. The smallest absolute Gasteiger partial charge is 0.315 e. The van der Waals surface area contributed by atoms with Crippen LogP contribution in [-0.2, 0) is 9.59 Å². The van der Waals surface area contributed by atoms with E-state index in [9.17, 15) is 9.59 Å². The second-order valence-corrected chi connectivity index (χ2v) is 10.4. The van der Waals surface area contributed by atoms with Crippen LogP contribution in [0, 0.1) is 70.6 Å². The molecule has 33 heavy (non-hydrogen) atoms. The summed E-state index contributed by atoms with van der Waals surface area (Å²) in [5.74, 6) is -0.879. The van der Waals surface area contributed by atoms with Gasteiger partial charge in [0.05, 0.1) is 11.8 Å². The zero-order chi connectivity index (χ0) is 24.2. The fourth-order valence-electron chi connectivity index (χ4n) is 5.59. The molecule has 4 nitrogen and oxygen atoms in total. The first kappa shape index (κ1) is 23.3. The van der Waals surface area contributed by atoms with Crippen LogP contribution in [0.5, 0.6) is 11.5 Å². The average molecular weight is 447 g/mol. The number of aryl methyl sites for hydroxylation is 2. The van der Waals surface area contributed by atoms with E-state index in [2.05, 4.69) is 26.0 Å². The Bertz CT molecular complexity index is 1080. The average Bonchev–Trinajstić information content (AvgIpc) is 3.19. The second kappa shape index (κ2) is 8.16. The molecule has 1 fully saturated rings. The van der Waals surface area contributed by atoms with Crippen LogP contribution < -0.4 is 9.47 Å². The summed E-state index contributed by atoms with van der Waals surface area (Å²) in [4.78, 5) is 27.0. The van der Waals surface area contributed by atoms with Crippen LogP contribution in [0.2, 0.25) is 0 Å². The Morgan fingerprint density at radius 2 is 1.00 bits per heavy atom. The van der Waals surface area contributed by atoms with Crippen LogP contribution in [0.15, 0.2) is 36.4 Å². The van der Waals surface area contributed by atoms with E-state index in [0.29, 0.717) is 11.5 Å². The summed E-state index contributed by atoms with van der Waals surface area (Å²) in [6.45, 7) is 16.3. The number of allylic oxidation sites excluding steroid dienone is 2. The molecule has 0 spiro atoms. The van der Waals surface area contributed by atoms with Crippen molar-refractivity contribution in [2.75, 3.05) is 0 Å². The summed E-state index contributed by atoms with van der Waals surface area (Å²) in [5, 5.41) is 0. The SMILES string of the molecule is Cc1ccc(OC(=O)C2C(C(=O)Oc3ccc(C)c(C)c3C)C3C=CC2C3(C)C)c(C)c1C. The molecule has 0 aliphatic heterocycles. The predicted octanol–water partition coefficient (Wildman–Crippen LogP) is 6.12. The van der Waals surface area contributed by atoms with E-state index in [1.54, 1.807) is 0 Å². The lowest BCUT2D eigenvalue weighted by Gasteiger charge is -2.25. The van der Waals surface area contributed by atoms with E-state index in [1.807, 2.05) is 65.8 Å². The first-order chi connectivity index (χ1) is 15.4. The van der Waals surface area contributed by atoms with E-state index in [1.165, 1.54) is 0 Å². The minimum absolute atomic E-state index is 0.0692. The maximum atomic E-state index is 13.5. The lowest BCUT2D eigenvalue weighted by Crippen LogP contribution is -2.37. The Balaban J connectivity index is 1.65. The fraction of sp³-hybridized carbons (Fsp3) is 0.448. The van der Waals surface area contributed by atoms with Crippen molar-refractivity contribution in [2.24, 2.45) is 29.1 Å². The van der Waals surface area contributed by atoms with Crippen molar-refractivity contribution in [3.8, 4) is 11.5 Å². The molecule has 0 N–H and O–H groups in total. The number of rotatable bonds is 4. The molecule has 2 aliphatic rings. The summed E-state index contributed by atoms with van der Waals surface area (Å²) < 4.78 is 11.8. The van der Waals surface area contributed by atoms with Gasteiger partial charge in [-0.05, 0) is 104 Å². The standard InChI is InChI=1S/C29H34O4/c1-15-9-13-23(19(5)17(15)3)32-27(30)25-21-11-12-22(29(21,7)8)26(25)28(31)33-24-14-10-16(2)18(4)20(24)6/h9-14,21-22,25-26H,1-8H3. The zero-order valence-corrected chi connectivity index (χ0v) is 20.9. The van der Waals surface area contributed by atoms with Crippen molar-refractivity contribution in [3.63, 3.8) is 0 Å². The van der Waals surface area contributed by atoms with Gasteiger partial charge in [0.15, 0.2) is 0 Å². The van der Waals surface area contributed by atoms with Crippen LogP contribution in [-0.4, -0.2) is 11.9 Å². The largest absolute Gasteiger partial charge is 0.426 e. The summed E-state index contributed by atoms with van der Waals surface area (Å²) in [6.07, 6.45) is 4.16. The van der Waals surface area contributed by atoms with Crippen molar-refractivity contribution in [1.29, 1.82) is 0 Å². The Kier molecular flexibility index (Phi) is 5.76. The van der Waals surface area contributed by atoms with Gasteiger partial charge in [-0.3, -0.25) is 9.59 Å². The zero-order valence-electron chi connectivity index (χ0n) is 20.9. The van der Waals surface area contributed by atoms with Gasteiger partial charge in [0, 0.05) is 0 Å². The molecule has 0 heterocycles. The highest BCUT2D eigenvalue weighted by Gasteiger charge is 2.62. The van der Waals surface area contributed by atoms with E-state index < -0.39 is 11.8 Å². The Morgan fingerprint density at radius 3 is 1.36 bits per heavy atom. The van der Waals surface area contributed by atoms with Crippen LogP contribution in [0.1, 0.15) is 47.2 Å². The van der Waals surface area contributed by atoms with E-state index in [0.717, 1.165) is 33.4 Å². The third kappa shape index (κ3) is 3.70. The lowest BCUT2D eigenvalue weighted by molar-refractivity contribution is -0.151.